The number of benzene rings is 7. The van der Waals surface area contributed by atoms with Crippen LogP contribution in [0.3, 0.4) is 0 Å². The van der Waals surface area contributed by atoms with Gasteiger partial charge >= 0.3 is 0 Å². The van der Waals surface area contributed by atoms with E-state index in [9.17, 15) is 0 Å². The predicted octanol–water partition coefficient (Wildman–Crippen LogP) is 13.5. The maximum Gasteiger partial charge on any atom is 0.218 e. The molecule has 5 heteroatoms. The Labute approximate surface area is 321 Å². The van der Waals surface area contributed by atoms with E-state index in [1.165, 1.54) is 16.2 Å². The summed E-state index contributed by atoms with van der Waals surface area (Å²) in [7, 11) is 0. The van der Waals surface area contributed by atoms with Crippen LogP contribution in [0, 0.1) is 0 Å². The second-order valence-corrected chi connectivity index (χ2v) is 14.4. The van der Waals surface area contributed by atoms with Crippen molar-refractivity contribution in [3.8, 4) is 16.8 Å². The molecule has 0 radical (unpaired) electrons. The Morgan fingerprint density at radius 2 is 1.20 bits per heavy atom. The molecule has 0 bridgehead atoms. The fourth-order valence-corrected chi connectivity index (χ4v) is 8.67. The monoisotopic (exact) mass is 718 g/mol. The lowest BCUT2D eigenvalue weighted by atomic mass is 10.0. The van der Waals surface area contributed by atoms with Gasteiger partial charge < -0.3 is 13.7 Å². The highest BCUT2D eigenvalue weighted by atomic mass is 16.3. The zero-order valence-electron chi connectivity index (χ0n) is 30.1. The van der Waals surface area contributed by atoms with Gasteiger partial charge in [-0.15, -0.1) is 0 Å². The Bertz CT molecular complexity index is 3480. The van der Waals surface area contributed by atoms with E-state index in [1.54, 1.807) is 0 Å². The zero-order valence-corrected chi connectivity index (χ0v) is 30.1. The third-order valence-corrected chi connectivity index (χ3v) is 11.3. The van der Waals surface area contributed by atoms with Gasteiger partial charge in [-0.1, -0.05) is 103 Å². The van der Waals surface area contributed by atoms with Crippen molar-refractivity contribution in [1.82, 2.24) is 4.57 Å². The van der Waals surface area contributed by atoms with Crippen molar-refractivity contribution < 1.29 is 13.2 Å². The number of anilines is 3. The minimum Gasteiger partial charge on any atom is -0.454 e. The van der Waals surface area contributed by atoms with E-state index in [2.05, 4.69) is 190 Å². The van der Waals surface area contributed by atoms with E-state index in [0.717, 1.165) is 88.9 Å². The standard InChI is InChI=1S/C51H32N3O2/c1-2-12-36(13-3-1)54-45-18-8-6-16-42(45)49-43-31-35(23-28-48(43)56-51(49)54)33-21-24-37(25-22-33)53(46-19-10-17-41-40-15-7-9-20-47(40)55-50(41)46)38-26-27-44-39-14-5-4-11-34(39)29-30-52(44)32-38/h1-32H/q+1. The molecule has 0 aliphatic heterocycles. The van der Waals surface area contributed by atoms with Crippen molar-refractivity contribution in [1.29, 1.82) is 0 Å². The molecular formula is C51H32N3O2+. The van der Waals surface area contributed by atoms with Crippen molar-refractivity contribution in [2.45, 2.75) is 0 Å². The molecule has 5 aromatic heterocycles. The predicted molar refractivity (Wildman–Crippen MR) is 229 cm³/mol. The number of hydrogen-bond donors (Lipinski definition) is 0. The van der Waals surface area contributed by atoms with Gasteiger partial charge in [0.2, 0.25) is 11.2 Å². The van der Waals surface area contributed by atoms with Gasteiger partial charge in [0, 0.05) is 45.1 Å². The van der Waals surface area contributed by atoms with E-state index in [-0.39, 0.29) is 0 Å². The van der Waals surface area contributed by atoms with Gasteiger partial charge in [-0.3, -0.25) is 4.57 Å². The van der Waals surface area contributed by atoms with E-state index in [1.807, 2.05) is 18.2 Å². The highest BCUT2D eigenvalue weighted by Gasteiger charge is 2.23. The number of pyridine rings is 2. The SMILES string of the molecule is c1ccc(-n2c3ccccc3c3c4cc(-c5ccc(N(c6ccc7c8ccccc8cc[n+]7c6)c6cccc7c6oc6ccccc67)cc5)ccc4oc32)cc1. The molecule has 0 atom stereocenters. The van der Waals surface area contributed by atoms with Crippen molar-refractivity contribution in [2.24, 2.45) is 0 Å². The molecule has 0 unspecified atom stereocenters. The Morgan fingerprint density at radius 3 is 2.09 bits per heavy atom. The molecule has 12 rings (SSSR count). The number of fused-ring (bicyclic) bond motifs is 11. The fraction of sp³-hybridized carbons (Fsp3) is 0. The summed E-state index contributed by atoms with van der Waals surface area (Å²) in [6, 6.07) is 64.2. The summed E-state index contributed by atoms with van der Waals surface area (Å²) in [5, 5.41) is 8.04. The van der Waals surface area contributed by atoms with Crippen LogP contribution in [0.5, 0.6) is 0 Å². The van der Waals surface area contributed by atoms with Crippen LogP contribution >= 0.6 is 0 Å². The number of furan rings is 2. The minimum absolute atomic E-state index is 0.852. The first kappa shape index (κ1) is 30.8. The summed E-state index contributed by atoms with van der Waals surface area (Å²) in [4.78, 5) is 2.30. The van der Waals surface area contributed by atoms with Crippen LogP contribution in [0.4, 0.5) is 17.1 Å². The summed E-state index contributed by atoms with van der Waals surface area (Å²) in [6.45, 7) is 0. The molecule has 0 aliphatic carbocycles. The largest absolute Gasteiger partial charge is 0.454 e. The van der Waals surface area contributed by atoms with Crippen LogP contribution in [-0.4, -0.2) is 4.57 Å². The van der Waals surface area contributed by atoms with Gasteiger partial charge in [-0.05, 0) is 83.2 Å². The molecule has 7 aromatic carbocycles. The highest BCUT2D eigenvalue weighted by molar-refractivity contribution is 6.20. The van der Waals surface area contributed by atoms with Gasteiger partial charge in [-0.25, -0.2) is 0 Å². The van der Waals surface area contributed by atoms with Crippen LogP contribution in [-0.2, 0) is 0 Å². The molecule has 0 N–H and O–H groups in total. The molecule has 56 heavy (non-hydrogen) atoms. The third kappa shape index (κ3) is 4.58. The van der Waals surface area contributed by atoms with Crippen LogP contribution in [0.15, 0.2) is 203 Å². The van der Waals surface area contributed by atoms with Gasteiger partial charge in [-0.2, -0.15) is 4.40 Å². The lowest BCUT2D eigenvalue weighted by Crippen LogP contribution is -2.23. The van der Waals surface area contributed by atoms with Gasteiger partial charge in [0.05, 0.1) is 22.0 Å². The van der Waals surface area contributed by atoms with E-state index in [4.69, 9.17) is 8.83 Å². The van der Waals surface area contributed by atoms with Crippen molar-refractivity contribution in [3.05, 3.63) is 194 Å². The number of para-hydroxylation sites is 4. The number of hydrogen-bond acceptors (Lipinski definition) is 3. The molecular weight excluding hydrogens is 687 g/mol. The Morgan fingerprint density at radius 1 is 0.482 bits per heavy atom. The maximum absolute atomic E-state index is 6.62. The van der Waals surface area contributed by atoms with Gasteiger partial charge in [0.1, 0.15) is 16.9 Å². The van der Waals surface area contributed by atoms with Crippen LogP contribution in [0.2, 0.25) is 0 Å². The molecule has 0 fully saturated rings. The molecule has 262 valence electrons. The molecule has 0 aliphatic rings. The van der Waals surface area contributed by atoms with E-state index >= 15 is 0 Å². The third-order valence-electron chi connectivity index (χ3n) is 11.3. The second-order valence-electron chi connectivity index (χ2n) is 14.4. The maximum atomic E-state index is 6.62. The number of rotatable bonds is 5. The van der Waals surface area contributed by atoms with Crippen molar-refractivity contribution in [2.75, 3.05) is 4.90 Å². The molecule has 5 nitrogen and oxygen atoms in total. The Balaban J connectivity index is 1.01. The summed E-state index contributed by atoms with van der Waals surface area (Å²) < 4.78 is 17.7. The second kappa shape index (κ2) is 11.9. The molecule has 0 spiro atoms. The van der Waals surface area contributed by atoms with Crippen LogP contribution < -0.4 is 9.30 Å². The minimum atomic E-state index is 0.852. The van der Waals surface area contributed by atoms with Gasteiger partial charge in [0.25, 0.3) is 0 Å². The average molecular weight is 719 g/mol. The molecule has 12 aromatic rings. The molecule has 0 amide bonds. The summed E-state index contributed by atoms with van der Waals surface area (Å²) >= 11 is 0. The fourth-order valence-electron chi connectivity index (χ4n) is 8.67. The number of nitrogens with zero attached hydrogens (tertiary/aromatic N) is 3. The number of aromatic nitrogens is 2. The smallest absolute Gasteiger partial charge is 0.218 e. The zero-order chi connectivity index (χ0) is 36.7. The molecule has 0 saturated heterocycles. The Kier molecular flexibility index (Phi) is 6.56. The molecule has 0 saturated carbocycles. The summed E-state index contributed by atoms with van der Waals surface area (Å²) in [5.41, 5.74) is 12.1. The lowest BCUT2D eigenvalue weighted by molar-refractivity contribution is -0.510. The molecule has 5 heterocycles. The topological polar surface area (TPSA) is 38.5 Å². The van der Waals surface area contributed by atoms with Crippen molar-refractivity contribution in [3.63, 3.8) is 0 Å². The summed E-state index contributed by atoms with van der Waals surface area (Å²) in [6.07, 6.45) is 4.35. The highest BCUT2D eigenvalue weighted by Crippen LogP contribution is 2.44. The first-order chi connectivity index (χ1) is 27.8. The Hall–Kier alpha value is -7.63. The first-order valence-corrected chi connectivity index (χ1v) is 18.9. The van der Waals surface area contributed by atoms with Crippen molar-refractivity contribution >= 4 is 88.3 Å². The normalized spacial score (nSPS) is 11.9. The van der Waals surface area contributed by atoms with E-state index in [0.29, 0.717) is 0 Å². The van der Waals surface area contributed by atoms with E-state index < -0.39 is 0 Å². The van der Waals surface area contributed by atoms with Gasteiger partial charge in [0.15, 0.2) is 18.0 Å². The lowest BCUT2D eigenvalue weighted by Gasteiger charge is -2.24. The van der Waals surface area contributed by atoms with Crippen LogP contribution in [0.25, 0.3) is 88.0 Å². The summed E-state index contributed by atoms with van der Waals surface area (Å²) in [5.74, 6) is 0. The average Bonchev–Trinajstić information content (AvgIpc) is 3.93. The first-order valence-electron chi connectivity index (χ1n) is 18.9. The quantitative estimate of drug-likeness (QED) is 0.131. The van der Waals surface area contributed by atoms with Crippen LogP contribution in [0.1, 0.15) is 0 Å².